The number of halogens is 4. The van der Waals surface area contributed by atoms with Crippen LogP contribution in [0.25, 0.3) is 0 Å². The molecule has 0 unspecified atom stereocenters. The van der Waals surface area contributed by atoms with Crippen molar-refractivity contribution < 1.29 is 18.0 Å². The zero-order chi connectivity index (χ0) is 13.9. The van der Waals surface area contributed by atoms with Crippen LogP contribution >= 0.6 is 15.9 Å². The molecule has 18 heavy (non-hydrogen) atoms. The summed E-state index contributed by atoms with van der Waals surface area (Å²) in [6.07, 6.45) is -5.25. The summed E-state index contributed by atoms with van der Waals surface area (Å²) in [6, 6.07) is 4.96. The predicted octanol–water partition coefficient (Wildman–Crippen LogP) is 3.78. The molecule has 0 N–H and O–H groups in total. The Morgan fingerprint density at radius 3 is 2.50 bits per heavy atom. The monoisotopic (exact) mass is 323 g/mol. The van der Waals surface area contributed by atoms with E-state index in [-0.39, 0.29) is 6.54 Å². The van der Waals surface area contributed by atoms with Crippen molar-refractivity contribution in [3.05, 3.63) is 33.8 Å². The van der Waals surface area contributed by atoms with Crippen LogP contribution in [0.15, 0.2) is 22.7 Å². The Kier molecular flexibility index (Phi) is 4.78. The summed E-state index contributed by atoms with van der Waals surface area (Å²) in [6.45, 7) is 1.53. The molecule has 0 atom stereocenters. The van der Waals surface area contributed by atoms with Gasteiger partial charge in [0.2, 0.25) is 0 Å². The lowest BCUT2D eigenvalue weighted by Crippen LogP contribution is -2.30. The van der Waals surface area contributed by atoms with Gasteiger partial charge in [-0.2, -0.15) is 13.2 Å². The van der Waals surface area contributed by atoms with Gasteiger partial charge in [0, 0.05) is 23.6 Å². The lowest BCUT2D eigenvalue weighted by Gasteiger charge is -2.18. The molecule has 1 aromatic carbocycles. The van der Waals surface area contributed by atoms with E-state index < -0.39 is 18.5 Å². The molecule has 0 saturated carbocycles. The summed E-state index contributed by atoms with van der Waals surface area (Å²) in [4.78, 5) is 12.9. The van der Waals surface area contributed by atoms with Gasteiger partial charge in [0.15, 0.2) is 0 Å². The fourth-order valence-electron chi connectivity index (χ4n) is 1.34. The smallest absolute Gasteiger partial charge is 0.341 e. The van der Waals surface area contributed by atoms with Crippen LogP contribution in [0.1, 0.15) is 22.3 Å². The number of carbonyl (C=O) groups is 1. The van der Waals surface area contributed by atoms with Gasteiger partial charge in [0.05, 0.1) is 6.42 Å². The van der Waals surface area contributed by atoms with Crippen LogP contribution in [0.2, 0.25) is 0 Å². The number of amides is 1. The summed E-state index contributed by atoms with van der Waals surface area (Å²) in [5.74, 6) is -0.417. The predicted molar refractivity (Wildman–Crippen MR) is 66.5 cm³/mol. The van der Waals surface area contributed by atoms with Crippen LogP contribution in [0.3, 0.4) is 0 Å². The number of hydrogen-bond acceptors (Lipinski definition) is 1. The zero-order valence-electron chi connectivity index (χ0n) is 10.0. The Morgan fingerprint density at radius 1 is 1.39 bits per heavy atom. The second kappa shape index (κ2) is 5.73. The minimum absolute atomic E-state index is 0.339. The number of nitrogens with zero attached hydrogens (tertiary/aromatic N) is 1. The normalized spacial score (nSPS) is 11.4. The van der Waals surface area contributed by atoms with E-state index in [0.29, 0.717) is 5.56 Å². The van der Waals surface area contributed by atoms with Crippen LogP contribution in [0.5, 0.6) is 0 Å². The summed E-state index contributed by atoms with van der Waals surface area (Å²) in [5, 5.41) is 0. The maximum absolute atomic E-state index is 12.1. The highest BCUT2D eigenvalue weighted by molar-refractivity contribution is 9.10. The molecule has 1 amide bonds. The van der Waals surface area contributed by atoms with Gasteiger partial charge >= 0.3 is 6.18 Å². The van der Waals surface area contributed by atoms with E-state index in [1.54, 1.807) is 18.2 Å². The third-order valence-corrected chi connectivity index (χ3v) is 3.35. The molecule has 1 rings (SSSR count). The van der Waals surface area contributed by atoms with E-state index in [0.717, 1.165) is 14.9 Å². The number of aryl methyl sites for hydroxylation is 1. The molecule has 0 bridgehead atoms. The van der Waals surface area contributed by atoms with Crippen LogP contribution in [-0.4, -0.2) is 30.6 Å². The molecule has 2 nitrogen and oxygen atoms in total. The standard InChI is InChI=1S/C12H13BrF3NO/c1-8-3-4-9(7-10(8)13)11(18)17(2)6-5-12(14,15)16/h3-4,7H,5-6H2,1-2H3. The molecular formula is C12H13BrF3NO. The maximum atomic E-state index is 12.1. The first-order valence-corrected chi connectivity index (χ1v) is 6.08. The van der Waals surface area contributed by atoms with Crippen molar-refractivity contribution in [3.63, 3.8) is 0 Å². The molecule has 0 aliphatic heterocycles. The second-order valence-corrected chi connectivity index (χ2v) is 4.91. The SMILES string of the molecule is Cc1ccc(C(=O)N(C)CCC(F)(F)F)cc1Br. The molecule has 100 valence electrons. The third kappa shape index (κ3) is 4.33. The van der Waals surface area contributed by atoms with Crippen LogP contribution in [-0.2, 0) is 0 Å². The summed E-state index contributed by atoms with van der Waals surface area (Å²) >= 11 is 3.28. The Labute approximate surface area is 112 Å². The van der Waals surface area contributed by atoms with Crippen LogP contribution < -0.4 is 0 Å². The minimum Gasteiger partial charge on any atom is -0.341 e. The quantitative estimate of drug-likeness (QED) is 0.829. The minimum atomic E-state index is -4.25. The van der Waals surface area contributed by atoms with Gasteiger partial charge < -0.3 is 4.90 Å². The number of hydrogen-bond donors (Lipinski definition) is 0. The Hall–Kier alpha value is -1.04. The number of benzene rings is 1. The lowest BCUT2D eigenvalue weighted by molar-refractivity contribution is -0.136. The highest BCUT2D eigenvalue weighted by Gasteiger charge is 2.28. The Morgan fingerprint density at radius 2 is 2.00 bits per heavy atom. The van der Waals surface area contributed by atoms with Crippen molar-refractivity contribution >= 4 is 21.8 Å². The number of carbonyl (C=O) groups excluding carboxylic acids is 1. The Balaban J connectivity index is 2.71. The third-order valence-electron chi connectivity index (χ3n) is 2.50. The summed E-state index contributed by atoms with van der Waals surface area (Å²) < 4.78 is 36.9. The van der Waals surface area contributed by atoms with Gasteiger partial charge in [-0.3, -0.25) is 4.79 Å². The molecule has 0 fully saturated rings. The van der Waals surface area contributed by atoms with E-state index in [1.807, 2.05) is 6.92 Å². The van der Waals surface area contributed by atoms with Crippen molar-refractivity contribution in [3.8, 4) is 0 Å². The molecule has 1 aromatic rings. The molecule has 0 heterocycles. The molecule has 6 heteroatoms. The molecule has 0 aliphatic carbocycles. The highest BCUT2D eigenvalue weighted by Crippen LogP contribution is 2.21. The molecule has 0 aliphatic rings. The van der Waals surface area contributed by atoms with Crippen LogP contribution in [0, 0.1) is 6.92 Å². The maximum Gasteiger partial charge on any atom is 0.390 e. The topological polar surface area (TPSA) is 20.3 Å². The van der Waals surface area contributed by atoms with E-state index in [9.17, 15) is 18.0 Å². The lowest BCUT2D eigenvalue weighted by atomic mass is 10.1. The summed E-state index contributed by atoms with van der Waals surface area (Å²) in [5.41, 5.74) is 1.33. The molecule has 0 aromatic heterocycles. The van der Waals surface area contributed by atoms with Gasteiger partial charge in [-0.1, -0.05) is 22.0 Å². The summed E-state index contributed by atoms with van der Waals surface area (Å²) in [7, 11) is 1.36. The second-order valence-electron chi connectivity index (χ2n) is 4.06. The average molecular weight is 324 g/mol. The van der Waals surface area contributed by atoms with E-state index in [1.165, 1.54) is 7.05 Å². The first kappa shape index (κ1) is 15.0. The van der Waals surface area contributed by atoms with Gasteiger partial charge in [-0.05, 0) is 24.6 Å². The van der Waals surface area contributed by atoms with Crippen molar-refractivity contribution in [2.45, 2.75) is 19.5 Å². The van der Waals surface area contributed by atoms with Crippen molar-refractivity contribution in [1.82, 2.24) is 4.90 Å². The fraction of sp³-hybridized carbons (Fsp3) is 0.417. The molecule has 0 radical (unpaired) electrons. The van der Waals surface area contributed by atoms with E-state index >= 15 is 0 Å². The largest absolute Gasteiger partial charge is 0.390 e. The van der Waals surface area contributed by atoms with E-state index in [4.69, 9.17) is 0 Å². The van der Waals surface area contributed by atoms with Gasteiger partial charge in [0.1, 0.15) is 0 Å². The molecule has 0 saturated heterocycles. The first-order chi connectivity index (χ1) is 8.20. The van der Waals surface area contributed by atoms with E-state index in [2.05, 4.69) is 15.9 Å². The molecule has 0 spiro atoms. The average Bonchev–Trinajstić information content (AvgIpc) is 2.27. The Bertz CT molecular complexity index is 445. The van der Waals surface area contributed by atoms with Crippen molar-refractivity contribution in [2.75, 3.05) is 13.6 Å². The number of alkyl halides is 3. The first-order valence-electron chi connectivity index (χ1n) is 5.29. The van der Waals surface area contributed by atoms with Gasteiger partial charge in [-0.15, -0.1) is 0 Å². The van der Waals surface area contributed by atoms with Crippen LogP contribution in [0.4, 0.5) is 13.2 Å². The highest BCUT2D eigenvalue weighted by atomic mass is 79.9. The fourth-order valence-corrected chi connectivity index (χ4v) is 1.72. The number of rotatable bonds is 3. The zero-order valence-corrected chi connectivity index (χ0v) is 11.6. The van der Waals surface area contributed by atoms with Crippen molar-refractivity contribution in [1.29, 1.82) is 0 Å². The molecular weight excluding hydrogens is 311 g/mol. The van der Waals surface area contributed by atoms with Crippen molar-refractivity contribution in [2.24, 2.45) is 0 Å². The van der Waals surface area contributed by atoms with Gasteiger partial charge in [-0.25, -0.2) is 0 Å². The van der Waals surface area contributed by atoms with Gasteiger partial charge in [0.25, 0.3) is 5.91 Å².